The van der Waals surface area contributed by atoms with Crippen molar-refractivity contribution in [2.45, 2.75) is 6.92 Å². The Morgan fingerprint density at radius 2 is 1.85 bits per heavy atom. The van der Waals surface area contributed by atoms with Gasteiger partial charge in [0.2, 0.25) is 5.91 Å². The maximum absolute atomic E-state index is 11.1. The Morgan fingerprint density at radius 3 is 2.45 bits per heavy atom. The molecule has 0 aliphatic carbocycles. The van der Waals surface area contributed by atoms with Gasteiger partial charge in [0.15, 0.2) is 5.75 Å². The fourth-order valence-electron chi connectivity index (χ4n) is 1.43. The smallest absolute Gasteiger partial charge is 0.338 e. The first kappa shape index (κ1) is 13.5. The number of ether oxygens (including phenoxy) is 1. The monoisotopic (exact) mass is 273 g/mol. The third kappa shape index (κ3) is 3.29. The van der Waals surface area contributed by atoms with E-state index in [0.717, 1.165) is 12.4 Å². The van der Waals surface area contributed by atoms with Crippen LogP contribution in [0, 0.1) is 0 Å². The molecule has 0 unspecified atom stereocenters. The summed E-state index contributed by atoms with van der Waals surface area (Å²) in [4.78, 5) is 29.3. The number of carbonyl (C=O) groups is 2. The van der Waals surface area contributed by atoms with Crippen LogP contribution in [-0.4, -0.2) is 27.0 Å². The second kappa shape index (κ2) is 5.79. The van der Waals surface area contributed by atoms with E-state index in [4.69, 9.17) is 9.84 Å². The fraction of sp³-hybridized carbons (Fsp3) is 0.0769. The minimum Gasteiger partial charge on any atom is -0.478 e. The molecule has 0 bridgehead atoms. The van der Waals surface area contributed by atoms with E-state index in [0.29, 0.717) is 11.4 Å². The molecule has 1 aromatic heterocycles. The number of benzene rings is 1. The van der Waals surface area contributed by atoms with Crippen LogP contribution in [0.1, 0.15) is 17.3 Å². The average molecular weight is 273 g/mol. The Morgan fingerprint density at radius 1 is 1.20 bits per heavy atom. The standard InChI is InChI=1S/C13H11N3O4/c1-8(17)16-10-4-2-3-5-11(10)20-13-14-6-9(7-15-13)12(18)19/h2-7H,1H3,(H,16,17)(H,18,19). The lowest BCUT2D eigenvalue weighted by Gasteiger charge is -2.09. The van der Waals surface area contributed by atoms with Gasteiger partial charge in [0.25, 0.3) is 0 Å². The van der Waals surface area contributed by atoms with Crippen molar-refractivity contribution < 1.29 is 19.4 Å². The Bertz CT molecular complexity index is 640. The third-order valence-electron chi connectivity index (χ3n) is 2.27. The molecular weight excluding hydrogens is 262 g/mol. The SMILES string of the molecule is CC(=O)Nc1ccccc1Oc1ncc(C(=O)O)cn1. The average Bonchev–Trinajstić information content (AvgIpc) is 2.41. The van der Waals surface area contributed by atoms with Gasteiger partial charge in [-0.3, -0.25) is 4.79 Å². The van der Waals surface area contributed by atoms with E-state index >= 15 is 0 Å². The van der Waals surface area contributed by atoms with Crippen molar-refractivity contribution in [3.05, 3.63) is 42.2 Å². The van der Waals surface area contributed by atoms with E-state index in [1.54, 1.807) is 24.3 Å². The number of rotatable bonds is 4. The minimum absolute atomic E-state index is 0.00666. The molecule has 102 valence electrons. The molecule has 20 heavy (non-hydrogen) atoms. The maximum atomic E-state index is 11.1. The summed E-state index contributed by atoms with van der Waals surface area (Å²) in [5.74, 6) is -0.982. The molecule has 0 saturated heterocycles. The Balaban J connectivity index is 2.21. The quantitative estimate of drug-likeness (QED) is 0.882. The molecule has 2 N–H and O–H groups in total. The van der Waals surface area contributed by atoms with Crippen LogP contribution < -0.4 is 10.1 Å². The van der Waals surface area contributed by atoms with Crippen LogP contribution in [0.4, 0.5) is 5.69 Å². The van der Waals surface area contributed by atoms with Crippen molar-refractivity contribution in [3.63, 3.8) is 0 Å². The van der Waals surface area contributed by atoms with Gasteiger partial charge in [-0.25, -0.2) is 14.8 Å². The number of anilines is 1. The number of carboxylic acid groups (broad SMARTS) is 1. The topological polar surface area (TPSA) is 101 Å². The first-order valence-corrected chi connectivity index (χ1v) is 5.66. The summed E-state index contributed by atoms with van der Waals surface area (Å²) in [5, 5.41) is 11.4. The van der Waals surface area contributed by atoms with Crippen LogP contribution in [0.3, 0.4) is 0 Å². The third-order valence-corrected chi connectivity index (χ3v) is 2.27. The Labute approximate surface area is 114 Å². The zero-order valence-electron chi connectivity index (χ0n) is 10.5. The number of carboxylic acids is 1. The van der Waals surface area contributed by atoms with Crippen LogP contribution in [0.15, 0.2) is 36.7 Å². The van der Waals surface area contributed by atoms with Crippen LogP contribution in [0.5, 0.6) is 11.8 Å². The second-order valence-corrected chi connectivity index (χ2v) is 3.84. The van der Waals surface area contributed by atoms with Gasteiger partial charge < -0.3 is 15.2 Å². The van der Waals surface area contributed by atoms with Crippen LogP contribution in [-0.2, 0) is 4.79 Å². The molecule has 2 aromatic rings. The van der Waals surface area contributed by atoms with Crippen molar-refractivity contribution in [2.75, 3.05) is 5.32 Å². The number of nitrogens with zero attached hydrogens (tertiary/aromatic N) is 2. The first-order valence-electron chi connectivity index (χ1n) is 5.66. The van der Waals surface area contributed by atoms with Crippen molar-refractivity contribution in [3.8, 4) is 11.8 Å². The minimum atomic E-state index is -1.12. The van der Waals surface area contributed by atoms with E-state index in [-0.39, 0.29) is 17.5 Å². The highest BCUT2D eigenvalue weighted by Gasteiger charge is 2.09. The zero-order valence-corrected chi connectivity index (χ0v) is 10.5. The molecule has 0 aliphatic heterocycles. The molecule has 0 atom stereocenters. The Kier molecular flexibility index (Phi) is 3.90. The Hall–Kier alpha value is -2.96. The van der Waals surface area contributed by atoms with E-state index in [1.165, 1.54) is 6.92 Å². The largest absolute Gasteiger partial charge is 0.478 e. The summed E-state index contributed by atoms with van der Waals surface area (Å²) >= 11 is 0. The number of hydrogen-bond acceptors (Lipinski definition) is 5. The molecule has 0 fully saturated rings. The molecule has 1 aromatic carbocycles. The lowest BCUT2D eigenvalue weighted by molar-refractivity contribution is -0.114. The van der Waals surface area contributed by atoms with Crippen molar-refractivity contribution in [2.24, 2.45) is 0 Å². The molecule has 2 rings (SSSR count). The fourth-order valence-corrected chi connectivity index (χ4v) is 1.43. The molecule has 7 heteroatoms. The van der Waals surface area contributed by atoms with E-state index in [2.05, 4.69) is 15.3 Å². The predicted octanol–water partition coefficient (Wildman–Crippen LogP) is 1.93. The number of para-hydroxylation sites is 2. The zero-order chi connectivity index (χ0) is 14.5. The number of amides is 1. The highest BCUT2D eigenvalue weighted by molar-refractivity contribution is 5.90. The van der Waals surface area contributed by atoms with Gasteiger partial charge in [-0.05, 0) is 12.1 Å². The normalized spacial score (nSPS) is 9.85. The van der Waals surface area contributed by atoms with Gasteiger partial charge in [-0.2, -0.15) is 0 Å². The van der Waals surface area contributed by atoms with Gasteiger partial charge in [0.1, 0.15) is 0 Å². The lowest BCUT2D eigenvalue weighted by atomic mass is 10.3. The van der Waals surface area contributed by atoms with Gasteiger partial charge >= 0.3 is 12.0 Å². The van der Waals surface area contributed by atoms with Crippen molar-refractivity contribution in [1.82, 2.24) is 9.97 Å². The van der Waals surface area contributed by atoms with Gasteiger partial charge in [0.05, 0.1) is 11.3 Å². The predicted molar refractivity (Wildman–Crippen MR) is 69.8 cm³/mol. The van der Waals surface area contributed by atoms with Gasteiger partial charge in [-0.15, -0.1) is 0 Å². The van der Waals surface area contributed by atoms with Gasteiger partial charge in [0, 0.05) is 19.3 Å². The lowest BCUT2D eigenvalue weighted by Crippen LogP contribution is -2.07. The molecule has 0 aliphatic rings. The molecular formula is C13H11N3O4. The number of nitrogens with one attached hydrogen (secondary N) is 1. The molecule has 0 spiro atoms. The first-order chi connectivity index (χ1) is 9.56. The van der Waals surface area contributed by atoms with Crippen molar-refractivity contribution >= 4 is 17.6 Å². The summed E-state index contributed by atoms with van der Waals surface area (Å²) in [6, 6.07) is 6.77. The van der Waals surface area contributed by atoms with Crippen LogP contribution in [0.2, 0.25) is 0 Å². The molecule has 7 nitrogen and oxygen atoms in total. The van der Waals surface area contributed by atoms with E-state index in [1.807, 2.05) is 0 Å². The maximum Gasteiger partial charge on any atom is 0.338 e. The van der Waals surface area contributed by atoms with Gasteiger partial charge in [-0.1, -0.05) is 12.1 Å². The van der Waals surface area contributed by atoms with Crippen LogP contribution >= 0.6 is 0 Å². The number of carbonyl (C=O) groups excluding carboxylic acids is 1. The molecule has 1 amide bonds. The number of aromatic nitrogens is 2. The second-order valence-electron chi connectivity index (χ2n) is 3.84. The summed E-state index contributed by atoms with van der Waals surface area (Å²) in [6.07, 6.45) is 2.29. The highest BCUT2D eigenvalue weighted by atomic mass is 16.5. The summed E-state index contributed by atoms with van der Waals surface area (Å²) < 4.78 is 5.42. The van der Waals surface area contributed by atoms with E-state index in [9.17, 15) is 9.59 Å². The van der Waals surface area contributed by atoms with Crippen molar-refractivity contribution in [1.29, 1.82) is 0 Å². The molecule has 1 heterocycles. The van der Waals surface area contributed by atoms with Crippen LogP contribution in [0.25, 0.3) is 0 Å². The summed E-state index contributed by atoms with van der Waals surface area (Å²) in [7, 11) is 0. The van der Waals surface area contributed by atoms with E-state index < -0.39 is 5.97 Å². The summed E-state index contributed by atoms with van der Waals surface area (Å²) in [5.41, 5.74) is 0.443. The number of aromatic carboxylic acids is 1. The molecule has 0 radical (unpaired) electrons. The molecule has 0 saturated carbocycles. The highest BCUT2D eigenvalue weighted by Crippen LogP contribution is 2.27. The number of hydrogen-bond donors (Lipinski definition) is 2. The summed E-state index contributed by atoms with van der Waals surface area (Å²) in [6.45, 7) is 1.38.